The van der Waals surface area contributed by atoms with E-state index in [2.05, 4.69) is 10.5 Å². The van der Waals surface area contributed by atoms with Crippen molar-refractivity contribution in [2.75, 3.05) is 13.2 Å². The fourth-order valence-corrected chi connectivity index (χ4v) is 1.73. The van der Waals surface area contributed by atoms with E-state index in [9.17, 15) is 0 Å². The van der Waals surface area contributed by atoms with Gasteiger partial charge >= 0.3 is 0 Å². The molecule has 1 rings (SSSR count). The third kappa shape index (κ3) is 4.35. The average molecular weight is 251 g/mol. The number of benzene rings is 1. The van der Waals surface area contributed by atoms with E-state index in [-0.39, 0.29) is 11.9 Å². The molecule has 18 heavy (non-hydrogen) atoms. The molecule has 0 aliphatic carbocycles. The van der Waals surface area contributed by atoms with Crippen LogP contribution in [-0.4, -0.2) is 30.3 Å². The van der Waals surface area contributed by atoms with Gasteiger partial charge in [-0.2, -0.15) is 0 Å². The van der Waals surface area contributed by atoms with Gasteiger partial charge in [0, 0.05) is 25.3 Å². The van der Waals surface area contributed by atoms with Crippen LogP contribution in [0.15, 0.2) is 29.4 Å². The highest BCUT2D eigenvalue weighted by atomic mass is 16.5. The number of hydrogen-bond acceptors (Lipinski definition) is 4. The van der Waals surface area contributed by atoms with Crippen molar-refractivity contribution in [3.05, 3.63) is 35.4 Å². The molecule has 100 valence electrons. The molecule has 0 spiro atoms. The van der Waals surface area contributed by atoms with Gasteiger partial charge in [-0.1, -0.05) is 29.4 Å². The van der Waals surface area contributed by atoms with Gasteiger partial charge in [0.2, 0.25) is 0 Å². The smallest absolute Gasteiger partial charge is 0.170 e. The summed E-state index contributed by atoms with van der Waals surface area (Å²) in [5.41, 5.74) is 7.37. The SMILES string of the molecule is CCOC(C)CNCc1ccccc1/C(N)=N/O. The van der Waals surface area contributed by atoms with Gasteiger partial charge in [-0.05, 0) is 19.4 Å². The molecule has 0 amide bonds. The Hall–Kier alpha value is -1.59. The molecule has 0 bridgehead atoms. The molecule has 0 saturated heterocycles. The first-order valence-electron chi connectivity index (χ1n) is 6.07. The number of nitrogens with zero attached hydrogens (tertiary/aromatic N) is 1. The number of ether oxygens (including phenoxy) is 1. The Morgan fingerprint density at radius 3 is 2.89 bits per heavy atom. The number of nitrogens with one attached hydrogen (secondary N) is 1. The van der Waals surface area contributed by atoms with Crippen molar-refractivity contribution in [3.63, 3.8) is 0 Å². The van der Waals surface area contributed by atoms with Gasteiger partial charge in [0.25, 0.3) is 0 Å². The van der Waals surface area contributed by atoms with Crippen molar-refractivity contribution >= 4 is 5.84 Å². The van der Waals surface area contributed by atoms with E-state index in [0.29, 0.717) is 13.2 Å². The lowest BCUT2D eigenvalue weighted by Crippen LogP contribution is -2.27. The van der Waals surface area contributed by atoms with Gasteiger partial charge in [0.15, 0.2) is 5.84 Å². The predicted octanol–water partition coefficient (Wildman–Crippen LogP) is 1.30. The molecule has 0 radical (unpaired) electrons. The summed E-state index contributed by atoms with van der Waals surface area (Å²) in [6, 6.07) is 7.57. The molecule has 0 aliphatic rings. The first-order chi connectivity index (χ1) is 8.69. The van der Waals surface area contributed by atoms with E-state index >= 15 is 0 Å². The highest BCUT2D eigenvalue weighted by Gasteiger charge is 2.06. The van der Waals surface area contributed by atoms with Crippen molar-refractivity contribution in [3.8, 4) is 0 Å². The van der Waals surface area contributed by atoms with Gasteiger partial charge in [-0.15, -0.1) is 0 Å². The molecule has 4 N–H and O–H groups in total. The van der Waals surface area contributed by atoms with E-state index in [4.69, 9.17) is 15.7 Å². The van der Waals surface area contributed by atoms with Gasteiger partial charge < -0.3 is 21.0 Å². The highest BCUT2D eigenvalue weighted by Crippen LogP contribution is 2.08. The normalized spacial score (nSPS) is 13.6. The van der Waals surface area contributed by atoms with Crippen LogP contribution in [-0.2, 0) is 11.3 Å². The fourth-order valence-electron chi connectivity index (χ4n) is 1.73. The Morgan fingerprint density at radius 2 is 2.22 bits per heavy atom. The maximum absolute atomic E-state index is 8.72. The van der Waals surface area contributed by atoms with Gasteiger partial charge in [-0.25, -0.2) is 0 Å². The minimum absolute atomic E-state index is 0.130. The zero-order valence-electron chi connectivity index (χ0n) is 10.9. The third-order valence-electron chi connectivity index (χ3n) is 2.60. The van der Waals surface area contributed by atoms with Gasteiger partial charge in [-0.3, -0.25) is 0 Å². The fraction of sp³-hybridized carbons (Fsp3) is 0.462. The highest BCUT2D eigenvalue weighted by molar-refractivity contribution is 5.98. The van der Waals surface area contributed by atoms with Crippen molar-refractivity contribution in [2.24, 2.45) is 10.9 Å². The molecule has 1 unspecified atom stereocenters. The van der Waals surface area contributed by atoms with Crippen LogP contribution in [0.25, 0.3) is 0 Å². The van der Waals surface area contributed by atoms with E-state index < -0.39 is 0 Å². The van der Waals surface area contributed by atoms with E-state index in [1.54, 1.807) is 0 Å². The molecule has 5 heteroatoms. The number of nitrogens with two attached hydrogens (primary N) is 1. The van der Waals surface area contributed by atoms with Crippen LogP contribution in [0.3, 0.4) is 0 Å². The minimum Gasteiger partial charge on any atom is -0.409 e. The van der Waals surface area contributed by atoms with Crippen LogP contribution >= 0.6 is 0 Å². The molecule has 0 saturated carbocycles. The van der Waals surface area contributed by atoms with Crippen molar-refractivity contribution < 1.29 is 9.94 Å². The van der Waals surface area contributed by atoms with Crippen LogP contribution in [0, 0.1) is 0 Å². The molecule has 1 aromatic carbocycles. The Balaban J connectivity index is 2.57. The summed E-state index contributed by atoms with van der Waals surface area (Å²) in [6.07, 6.45) is 0.172. The van der Waals surface area contributed by atoms with Crippen molar-refractivity contribution in [2.45, 2.75) is 26.5 Å². The van der Waals surface area contributed by atoms with Crippen LogP contribution < -0.4 is 11.1 Å². The largest absolute Gasteiger partial charge is 0.409 e. The van der Waals surface area contributed by atoms with Crippen molar-refractivity contribution in [1.29, 1.82) is 0 Å². The Labute approximate surface area is 108 Å². The molecule has 0 heterocycles. The summed E-state index contributed by atoms with van der Waals surface area (Å²) in [7, 11) is 0. The Kier molecular flexibility index (Phi) is 6.18. The van der Waals surface area contributed by atoms with E-state index in [1.807, 2.05) is 38.1 Å². The topological polar surface area (TPSA) is 79.9 Å². The minimum atomic E-state index is 0.130. The van der Waals surface area contributed by atoms with Crippen LogP contribution in [0.5, 0.6) is 0 Å². The van der Waals surface area contributed by atoms with E-state index in [1.165, 1.54) is 0 Å². The second kappa shape index (κ2) is 7.68. The summed E-state index contributed by atoms with van der Waals surface area (Å²) in [6.45, 7) is 6.13. The van der Waals surface area contributed by atoms with Crippen LogP contribution in [0.4, 0.5) is 0 Å². The lowest BCUT2D eigenvalue weighted by molar-refractivity contribution is 0.0759. The van der Waals surface area contributed by atoms with Crippen LogP contribution in [0.1, 0.15) is 25.0 Å². The molecule has 0 aromatic heterocycles. The maximum Gasteiger partial charge on any atom is 0.170 e. The molecule has 5 nitrogen and oxygen atoms in total. The lowest BCUT2D eigenvalue weighted by atomic mass is 10.1. The standard InChI is InChI=1S/C13H21N3O2/c1-3-18-10(2)8-15-9-11-6-4-5-7-12(11)13(14)16-17/h4-7,10,15,17H,3,8-9H2,1-2H3,(H2,14,16). The summed E-state index contributed by atoms with van der Waals surface area (Å²) >= 11 is 0. The third-order valence-corrected chi connectivity index (χ3v) is 2.60. The number of amidine groups is 1. The quantitative estimate of drug-likeness (QED) is 0.295. The summed E-state index contributed by atoms with van der Waals surface area (Å²) in [5, 5.41) is 15.0. The predicted molar refractivity (Wildman–Crippen MR) is 71.7 cm³/mol. The van der Waals surface area contributed by atoms with E-state index in [0.717, 1.165) is 17.7 Å². The average Bonchev–Trinajstić information content (AvgIpc) is 2.39. The molecule has 1 aromatic rings. The molecule has 1 atom stereocenters. The first kappa shape index (κ1) is 14.5. The van der Waals surface area contributed by atoms with Crippen molar-refractivity contribution in [1.82, 2.24) is 5.32 Å². The summed E-state index contributed by atoms with van der Waals surface area (Å²) in [5.74, 6) is 0.130. The van der Waals surface area contributed by atoms with Crippen LogP contribution in [0.2, 0.25) is 0 Å². The Bertz CT molecular complexity index is 394. The maximum atomic E-state index is 8.72. The molecule has 0 fully saturated rings. The number of oxime groups is 1. The second-order valence-electron chi connectivity index (χ2n) is 4.04. The summed E-state index contributed by atoms with van der Waals surface area (Å²) < 4.78 is 5.43. The van der Waals surface area contributed by atoms with Gasteiger partial charge in [0.05, 0.1) is 6.10 Å². The zero-order chi connectivity index (χ0) is 13.4. The molecule has 0 aliphatic heterocycles. The molecular formula is C13H21N3O2. The molecular weight excluding hydrogens is 230 g/mol. The zero-order valence-corrected chi connectivity index (χ0v) is 10.9. The lowest BCUT2D eigenvalue weighted by Gasteiger charge is -2.14. The summed E-state index contributed by atoms with van der Waals surface area (Å²) in [4.78, 5) is 0. The Morgan fingerprint density at radius 1 is 1.50 bits per heavy atom. The van der Waals surface area contributed by atoms with Gasteiger partial charge in [0.1, 0.15) is 0 Å². The number of rotatable bonds is 7. The monoisotopic (exact) mass is 251 g/mol. The first-order valence-corrected chi connectivity index (χ1v) is 6.07. The second-order valence-corrected chi connectivity index (χ2v) is 4.04. The number of hydrogen-bond donors (Lipinski definition) is 3.